The number of fused-ring (bicyclic) bond motifs is 1. The Hall–Kier alpha value is -3.15. The van der Waals surface area contributed by atoms with Crippen molar-refractivity contribution in [2.75, 3.05) is 0 Å². The molecule has 0 saturated heterocycles. The van der Waals surface area contributed by atoms with Gasteiger partial charge in [0.05, 0.1) is 11.1 Å². The van der Waals surface area contributed by atoms with Gasteiger partial charge >= 0.3 is 11.9 Å². The van der Waals surface area contributed by atoms with Crippen LogP contribution in [0.5, 0.6) is 0 Å². The van der Waals surface area contributed by atoms with Gasteiger partial charge in [0.25, 0.3) is 0 Å². The van der Waals surface area contributed by atoms with Gasteiger partial charge in [0.2, 0.25) is 0 Å². The standard InChI is InChI=1S/C16H12N2O4/c1-9-3-2-4-10(7-9)14-17-13(16(21)22)12-8-11(15(19)20)5-6-18(12)14/h2-8H,1H3,(H,19,20)(H,21,22). The molecule has 22 heavy (non-hydrogen) atoms. The Morgan fingerprint density at radius 3 is 2.50 bits per heavy atom. The number of aryl methyl sites for hydroxylation is 1. The molecule has 0 bridgehead atoms. The Bertz CT molecular complexity index is 912. The first-order valence-electron chi connectivity index (χ1n) is 6.53. The smallest absolute Gasteiger partial charge is 0.356 e. The van der Waals surface area contributed by atoms with E-state index in [-0.39, 0.29) is 16.8 Å². The number of imidazole rings is 1. The van der Waals surface area contributed by atoms with Crippen LogP contribution in [0.1, 0.15) is 26.4 Å². The minimum Gasteiger partial charge on any atom is -0.478 e. The SMILES string of the molecule is Cc1cccc(-c2nc(C(=O)O)c3cc(C(=O)O)ccn23)c1. The van der Waals surface area contributed by atoms with Gasteiger partial charge in [0.1, 0.15) is 5.82 Å². The molecule has 3 aromatic rings. The van der Waals surface area contributed by atoms with Crippen LogP contribution in [0.15, 0.2) is 42.6 Å². The summed E-state index contributed by atoms with van der Waals surface area (Å²) in [4.78, 5) is 26.6. The molecular formula is C16H12N2O4. The van der Waals surface area contributed by atoms with Crippen LogP contribution in [0.25, 0.3) is 16.9 Å². The molecule has 3 rings (SSSR count). The monoisotopic (exact) mass is 296 g/mol. The summed E-state index contributed by atoms with van der Waals surface area (Å²) in [7, 11) is 0. The van der Waals surface area contributed by atoms with Crippen molar-refractivity contribution in [1.29, 1.82) is 0 Å². The number of hydrogen-bond donors (Lipinski definition) is 2. The van der Waals surface area contributed by atoms with Gasteiger partial charge in [-0.3, -0.25) is 4.40 Å². The molecule has 110 valence electrons. The number of carbonyl (C=O) groups is 2. The second-order valence-corrected chi connectivity index (χ2v) is 4.93. The van der Waals surface area contributed by atoms with E-state index >= 15 is 0 Å². The van der Waals surface area contributed by atoms with Crippen LogP contribution in [0, 0.1) is 6.92 Å². The van der Waals surface area contributed by atoms with Crippen molar-refractivity contribution in [3.8, 4) is 11.4 Å². The molecule has 0 amide bonds. The zero-order valence-electron chi connectivity index (χ0n) is 11.6. The van der Waals surface area contributed by atoms with Crippen molar-refractivity contribution < 1.29 is 19.8 Å². The molecule has 2 N–H and O–H groups in total. The summed E-state index contributed by atoms with van der Waals surface area (Å²) in [5, 5.41) is 18.4. The molecule has 0 radical (unpaired) electrons. The van der Waals surface area contributed by atoms with E-state index in [1.165, 1.54) is 18.3 Å². The second-order valence-electron chi connectivity index (χ2n) is 4.93. The maximum atomic E-state index is 11.4. The van der Waals surface area contributed by atoms with Crippen LogP contribution in [-0.2, 0) is 0 Å². The summed E-state index contributed by atoms with van der Waals surface area (Å²) in [6.45, 7) is 1.93. The molecule has 0 aliphatic rings. The van der Waals surface area contributed by atoms with Crippen LogP contribution in [0.2, 0.25) is 0 Å². The van der Waals surface area contributed by atoms with Crippen LogP contribution in [-0.4, -0.2) is 31.5 Å². The molecule has 0 aliphatic heterocycles. The Morgan fingerprint density at radius 2 is 1.86 bits per heavy atom. The lowest BCUT2D eigenvalue weighted by Crippen LogP contribution is -2.00. The average molecular weight is 296 g/mol. The van der Waals surface area contributed by atoms with Gasteiger partial charge < -0.3 is 10.2 Å². The Morgan fingerprint density at radius 1 is 1.09 bits per heavy atom. The fourth-order valence-corrected chi connectivity index (χ4v) is 2.36. The zero-order chi connectivity index (χ0) is 15.9. The highest BCUT2D eigenvalue weighted by atomic mass is 16.4. The number of rotatable bonds is 3. The number of benzene rings is 1. The highest BCUT2D eigenvalue weighted by Crippen LogP contribution is 2.24. The summed E-state index contributed by atoms with van der Waals surface area (Å²) in [5.74, 6) is -1.84. The minimum absolute atomic E-state index is 0.0192. The van der Waals surface area contributed by atoms with Gasteiger partial charge in [-0.2, -0.15) is 0 Å². The highest BCUT2D eigenvalue weighted by molar-refractivity contribution is 5.97. The Labute approximate surface area is 125 Å². The molecule has 0 atom stereocenters. The summed E-state index contributed by atoms with van der Waals surface area (Å²) in [6, 6.07) is 10.3. The third-order valence-electron chi connectivity index (χ3n) is 3.37. The van der Waals surface area contributed by atoms with Gasteiger partial charge in [-0.05, 0) is 25.1 Å². The van der Waals surface area contributed by atoms with Gasteiger partial charge in [0, 0.05) is 11.8 Å². The highest BCUT2D eigenvalue weighted by Gasteiger charge is 2.19. The predicted octanol–water partition coefficient (Wildman–Crippen LogP) is 2.71. The van der Waals surface area contributed by atoms with E-state index in [1.807, 2.05) is 31.2 Å². The minimum atomic E-state index is -1.20. The van der Waals surface area contributed by atoms with Crippen molar-refractivity contribution in [3.63, 3.8) is 0 Å². The molecule has 0 aliphatic carbocycles. The molecule has 1 aromatic carbocycles. The summed E-state index contributed by atoms with van der Waals surface area (Å²) >= 11 is 0. The zero-order valence-corrected chi connectivity index (χ0v) is 11.6. The summed E-state index contributed by atoms with van der Waals surface area (Å²) < 4.78 is 1.59. The molecule has 0 unspecified atom stereocenters. The number of carboxylic acids is 2. The van der Waals surface area contributed by atoms with Crippen molar-refractivity contribution in [2.45, 2.75) is 6.92 Å². The number of aromatic nitrogens is 2. The van der Waals surface area contributed by atoms with Crippen molar-refractivity contribution >= 4 is 17.5 Å². The largest absolute Gasteiger partial charge is 0.478 e. The number of pyridine rings is 1. The second kappa shape index (κ2) is 5.00. The molecule has 6 heteroatoms. The van der Waals surface area contributed by atoms with E-state index in [1.54, 1.807) is 4.40 Å². The quantitative estimate of drug-likeness (QED) is 0.775. The number of hydrogen-bond acceptors (Lipinski definition) is 3. The number of nitrogens with zero attached hydrogens (tertiary/aromatic N) is 2. The lowest BCUT2D eigenvalue weighted by Gasteiger charge is -2.03. The maximum Gasteiger partial charge on any atom is 0.356 e. The van der Waals surface area contributed by atoms with Gasteiger partial charge in [0.15, 0.2) is 5.69 Å². The summed E-state index contributed by atoms with van der Waals surface area (Å²) in [5.41, 5.74) is 1.90. The molecule has 0 spiro atoms. The van der Waals surface area contributed by atoms with Gasteiger partial charge in [-0.15, -0.1) is 0 Å². The average Bonchev–Trinajstić information content (AvgIpc) is 2.86. The molecule has 0 saturated carbocycles. The molecule has 0 fully saturated rings. The Balaban J connectivity index is 2.32. The van der Waals surface area contributed by atoms with Crippen molar-refractivity contribution in [2.24, 2.45) is 0 Å². The molecule has 2 heterocycles. The van der Waals surface area contributed by atoms with E-state index in [2.05, 4.69) is 4.98 Å². The van der Waals surface area contributed by atoms with E-state index in [4.69, 9.17) is 5.11 Å². The van der Waals surface area contributed by atoms with Crippen LogP contribution >= 0.6 is 0 Å². The first kappa shape index (κ1) is 13.8. The van der Waals surface area contributed by atoms with E-state index in [0.717, 1.165) is 11.1 Å². The van der Waals surface area contributed by atoms with Crippen molar-refractivity contribution in [1.82, 2.24) is 9.38 Å². The third kappa shape index (κ3) is 2.20. The predicted molar refractivity (Wildman–Crippen MR) is 79.3 cm³/mol. The lowest BCUT2D eigenvalue weighted by molar-refractivity contribution is 0.0682. The maximum absolute atomic E-state index is 11.4. The molecule has 6 nitrogen and oxygen atoms in total. The summed E-state index contributed by atoms with van der Waals surface area (Å²) in [6.07, 6.45) is 1.52. The van der Waals surface area contributed by atoms with Gasteiger partial charge in [-0.25, -0.2) is 14.6 Å². The van der Waals surface area contributed by atoms with Crippen LogP contribution in [0.4, 0.5) is 0 Å². The van der Waals surface area contributed by atoms with Crippen LogP contribution < -0.4 is 0 Å². The fourth-order valence-electron chi connectivity index (χ4n) is 2.36. The van der Waals surface area contributed by atoms with E-state index in [0.29, 0.717) is 5.82 Å². The van der Waals surface area contributed by atoms with Crippen LogP contribution in [0.3, 0.4) is 0 Å². The Kier molecular flexibility index (Phi) is 3.14. The topological polar surface area (TPSA) is 91.9 Å². The number of carboxylic acid groups (broad SMARTS) is 2. The van der Waals surface area contributed by atoms with Crippen molar-refractivity contribution in [3.05, 3.63) is 59.4 Å². The first-order chi connectivity index (χ1) is 10.5. The lowest BCUT2D eigenvalue weighted by atomic mass is 10.1. The first-order valence-corrected chi connectivity index (χ1v) is 6.53. The fraction of sp³-hybridized carbons (Fsp3) is 0.0625. The van der Waals surface area contributed by atoms with E-state index < -0.39 is 11.9 Å². The molecule has 2 aromatic heterocycles. The number of aromatic carboxylic acids is 2. The normalized spacial score (nSPS) is 10.8. The van der Waals surface area contributed by atoms with E-state index in [9.17, 15) is 14.7 Å². The van der Waals surface area contributed by atoms with Gasteiger partial charge in [-0.1, -0.05) is 23.8 Å². The molecular weight excluding hydrogens is 284 g/mol. The third-order valence-corrected chi connectivity index (χ3v) is 3.37.